The zero-order valence-electron chi connectivity index (χ0n) is 12.3. The van der Waals surface area contributed by atoms with Crippen molar-refractivity contribution in [3.63, 3.8) is 0 Å². The lowest BCUT2D eigenvalue weighted by Crippen LogP contribution is -2.28. The molecule has 0 amide bonds. The Bertz CT molecular complexity index is 1160. The number of rotatable bonds is 1. The fourth-order valence-electron chi connectivity index (χ4n) is 2.55. The number of sulfonamides is 1. The number of aromatic hydroxyl groups is 1. The van der Waals surface area contributed by atoms with Crippen LogP contribution >= 0.6 is 0 Å². The molecular formula is C15H10F2N4O3S. The maximum absolute atomic E-state index is 13.5. The van der Waals surface area contributed by atoms with E-state index >= 15 is 0 Å². The van der Waals surface area contributed by atoms with E-state index in [4.69, 9.17) is 0 Å². The number of aromatic nitrogens is 1. The summed E-state index contributed by atoms with van der Waals surface area (Å²) in [6, 6.07) is 7.49. The largest absolute Gasteiger partial charge is 0.503 e. The topological polar surface area (TPSA) is 107 Å². The average molecular weight is 364 g/mol. The van der Waals surface area contributed by atoms with Crippen molar-refractivity contribution in [2.45, 2.75) is 4.90 Å². The molecule has 0 unspecified atom stereocenters. The molecule has 4 rings (SSSR count). The fraction of sp³-hybridized carbons (Fsp3) is 0. The van der Waals surface area contributed by atoms with Crippen molar-refractivity contribution in [3.8, 4) is 5.75 Å². The fourth-order valence-corrected chi connectivity index (χ4v) is 3.63. The van der Waals surface area contributed by atoms with Crippen molar-refractivity contribution in [3.05, 3.63) is 48.2 Å². The number of guanidine groups is 1. The number of phenolic OH excluding ortho intramolecular Hbond substituents is 1. The summed E-state index contributed by atoms with van der Waals surface area (Å²) >= 11 is 0. The van der Waals surface area contributed by atoms with Crippen LogP contribution in [0.25, 0.3) is 10.9 Å². The van der Waals surface area contributed by atoms with Gasteiger partial charge in [-0.05, 0) is 30.3 Å². The number of nitrogens with zero attached hydrogens (tertiary/aromatic N) is 1. The van der Waals surface area contributed by atoms with Crippen LogP contribution in [-0.4, -0.2) is 24.5 Å². The number of hydrogen-bond acceptors (Lipinski definition) is 5. The molecule has 7 nitrogen and oxygen atoms in total. The summed E-state index contributed by atoms with van der Waals surface area (Å²) in [6.45, 7) is 0. The SMILES string of the molecule is O=S1(=O)N=C(Nc2ccc3[nH]ccc3c2)Nc2c1cc(F)c(F)c2O. The van der Waals surface area contributed by atoms with Crippen molar-refractivity contribution in [2.75, 3.05) is 10.6 Å². The van der Waals surface area contributed by atoms with Crippen LogP contribution in [0, 0.1) is 11.6 Å². The summed E-state index contributed by atoms with van der Waals surface area (Å²) < 4.78 is 54.8. The van der Waals surface area contributed by atoms with E-state index in [0.29, 0.717) is 11.8 Å². The molecule has 0 aliphatic carbocycles. The first-order valence-corrected chi connectivity index (χ1v) is 8.46. The molecule has 1 aliphatic rings. The summed E-state index contributed by atoms with van der Waals surface area (Å²) in [5.74, 6) is -4.40. The number of phenols is 1. The van der Waals surface area contributed by atoms with Gasteiger partial charge < -0.3 is 20.7 Å². The Morgan fingerprint density at radius 2 is 1.96 bits per heavy atom. The molecular weight excluding hydrogens is 354 g/mol. The van der Waals surface area contributed by atoms with Crippen LogP contribution in [0.4, 0.5) is 20.2 Å². The number of halogens is 2. The van der Waals surface area contributed by atoms with Gasteiger partial charge in [0.05, 0.1) is 0 Å². The molecule has 0 fully saturated rings. The third-order valence-electron chi connectivity index (χ3n) is 3.71. The Labute approximate surface area is 140 Å². The highest BCUT2D eigenvalue weighted by molar-refractivity contribution is 7.90. The van der Waals surface area contributed by atoms with Crippen LogP contribution in [0.3, 0.4) is 0 Å². The first-order valence-electron chi connectivity index (χ1n) is 7.02. The first kappa shape index (κ1) is 15.4. The molecule has 10 heteroatoms. The Hall–Kier alpha value is -3.14. The van der Waals surface area contributed by atoms with E-state index in [9.17, 15) is 22.3 Å². The number of aromatic amines is 1. The van der Waals surface area contributed by atoms with Gasteiger partial charge in [-0.2, -0.15) is 12.8 Å². The molecule has 1 aromatic heterocycles. The highest BCUT2D eigenvalue weighted by atomic mass is 32.2. The monoisotopic (exact) mass is 364 g/mol. The van der Waals surface area contributed by atoms with E-state index in [1.165, 1.54) is 0 Å². The van der Waals surface area contributed by atoms with Gasteiger partial charge in [0.15, 0.2) is 11.6 Å². The van der Waals surface area contributed by atoms with E-state index in [1.807, 2.05) is 6.07 Å². The van der Waals surface area contributed by atoms with Crippen LogP contribution < -0.4 is 10.6 Å². The van der Waals surface area contributed by atoms with E-state index in [-0.39, 0.29) is 5.96 Å². The zero-order chi connectivity index (χ0) is 17.8. The predicted octanol–water partition coefficient (Wildman–Crippen LogP) is 2.73. The van der Waals surface area contributed by atoms with Gasteiger partial charge in [-0.1, -0.05) is 0 Å². The van der Waals surface area contributed by atoms with Crippen LogP contribution in [0.5, 0.6) is 5.75 Å². The standard InChI is InChI=1S/C15H10F2N4O3S/c16-9-6-11-13(14(22)12(9)17)20-15(21-25(11,23)24)19-8-1-2-10-7(5-8)3-4-18-10/h1-6,18,22H,(H2,19,20,21). The van der Waals surface area contributed by atoms with Gasteiger partial charge in [-0.15, -0.1) is 4.40 Å². The second-order valence-corrected chi connectivity index (χ2v) is 6.91. The summed E-state index contributed by atoms with van der Waals surface area (Å²) in [5, 5.41) is 15.8. The molecule has 2 heterocycles. The van der Waals surface area contributed by atoms with Crippen LogP contribution in [-0.2, 0) is 10.0 Å². The second kappa shape index (κ2) is 5.18. The normalized spacial score (nSPS) is 15.4. The van der Waals surface area contributed by atoms with Gasteiger partial charge in [0.25, 0.3) is 10.0 Å². The number of anilines is 2. The maximum atomic E-state index is 13.5. The van der Waals surface area contributed by atoms with Crippen molar-refractivity contribution in [2.24, 2.45) is 4.40 Å². The van der Waals surface area contributed by atoms with E-state index < -0.39 is 38.0 Å². The predicted molar refractivity (Wildman–Crippen MR) is 88.2 cm³/mol. The minimum absolute atomic E-state index is 0.247. The summed E-state index contributed by atoms with van der Waals surface area (Å²) in [5.41, 5.74) is 0.926. The minimum Gasteiger partial charge on any atom is -0.503 e. The van der Waals surface area contributed by atoms with Gasteiger partial charge in [-0.3, -0.25) is 0 Å². The molecule has 128 valence electrons. The second-order valence-electron chi connectivity index (χ2n) is 5.34. The van der Waals surface area contributed by atoms with Crippen molar-refractivity contribution >= 4 is 38.3 Å². The Morgan fingerprint density at radius 1 is 1.16 bits per heavy atom. The lowest BCUT2D eigenvalue weighted by Gasteiger charge is -2.20. The molecule has 0 saturated heterocycles. The quantitative estimate of drug-likeness (QED) is 0.497. The maximum Gasteiger partial charge on any atom is 0.287 e. The Balaban J connectivity index is 1.75. The van der Waals surface area contributed by atoms with Crippen LogP contribution in [0.1, 0.15) is 0 Å². The molecule has 0 atom stereocenters. The molecule has 3 aromatic rings. The molecule has 1 aliphatic heterocycles. The van der Waals surface area contributed by atoms with Gasteiger partial charge in [0.1, 0.15) is 10.6 Å². The van der Waals surface area contributed by atoms with Crippen LogP contribution in [0.2, 0.25) is 0 Å². The highest BCUT2D eigenvalue weighted by Crippen LogP contribution is 2.38. The minimum atomic E-state index is -4.31. The summed E-state index contributed by atoms with van der Waals surface area (Å²) in [7, 11) is -4.31. The summed E-state index contributed by atoms with van der Waals surface area (Å²) in [4.78, 5) is 2.37. The smallest absolute Gasteiger partial charge is 0.287 e. The molecule has 0 radical (unpaired) electrons. The van der Waals surface area contributed by atoms with Crippen molar-refractivity contribution in [1.29, 1.82) is 0 Å². The average Bonchev–Trinajstić information content (AvgIpc) is 3.01. The zero-order valence-corrected chi connectivity index (χ0v) is 13.2. The van der Waals surface area contributed by atoms with Gasteiger partial charge >= 0.3 is 0 Å². The van der Waals surface area contributed by atoms with Crippen molar-refractivity contribution in [1.82, 2.24) is 4.98 Å². The molecule has 4 N–H and O–H groups in total. The third kappa shape index (κ3) is 2.47. The van der Waals surface area contributed by atoms with Crippen LogP contribution in [0.15, 0.2) is 45.8 Å². The molecule has 0 spiro atoms. The lowest BCUT2D eigenvalue weighted by atomic mass is 10.2. The number of hydrogen-bond donors (Lipinski definition) is 4. The molecule has 2 aromatic carbocycles. The lowest BCUT2D eigenvalue weighted by molar-refractivity contribution is 0.406. The van der Waals surface area contributed by atoms with E-state index in [2.05, 4.69) is 20.0 Å². The number of H-pyrrole nitrogens is 1. The molecule has 0 bridgehead atoms. The Morgan fingerprint density at radius 3 is 2.76 bits per heavy atom. The number of fused-ring (bicyclic) bond motifs is 2. The van der Waals surface area contributed by atoms with Crippen molar-refractivity contribution < 1.29 is 22.3 Å². The number of nitrogens with one attached hydrogen (secondary N) is 3. The van der Waals surface area contributed by atoms with E-state index in [1.54, 1.807) is 24.4 Å². The molecule has 25 heavy (non-hydrogen) atoms. The molecule has 0 saturated carbocycles. The third-order valence-corrected chi connectivity index (χ3v) is 5.01. The summed E-state index contributed by atoms with van der Waals surface area (Å²) in [6.07, 6.45) is 1.75. The first-order chi connectivity index (χ1) is 11.8. The Kier molecular flexibility index (Phi) is 3.19. The van der Waals surface area contributed by atoms with E-state index in [0.717, 1.165) is 10.9 Å². The van der Waals surface area contributed by atoms with Gasteiger partial charge in [0.2, 0.25) is 11.8 Å². The number of benzene rings is 2. The van der Waals surface area contributed by atoms with Gasteiger partial charge in [0, 0.05) is 22.8 Å². The highest BCUT2D eigenvalue weighted by Gasteiger charge is 2.31. The van der Waals surface area contributed by atoms with Gasteiger partial charge in [-0.25, -0.2) is 4.39 Å².